The molecule has 12 heavy (non-hydrogen) atoms. The largest absolute Gasteiger partial charge is 0.387 e. The predicted molar refractivity (Wildman–Crippen MR) is 47.7 cm³/mol. The molecule has 1 heterocycles. The van der Waals surface area contributed by atoms with Gasteiger partial charge >= 0.3 is 0 Å². The molecule has 2 nitrogen and oxygen atoms in total. The SMILES string of the molecule is CC#CCCC1(O)CCCOC1. The second-order valence-corrected chi connectivity index (χ2v) is 3.31. The summed E-state index contributed by atoms with van der Waals surface area (Å²) in [5.41, 5.74) is -0.595. The van der Waals surface area contributed by atoms with E-state index in [1.807, 2.05) is 6.92 Å². The van der Waals surface area contributed by atoms with Gasteiger partial charge in [-0.15, -0.1) is 11.8 Å². The number of aliphatic hydroxyl groups is 1. The second kappa shape index (κ2) is 4.49. The van der Waals surface area contributed by atoms with Crippen molar-refractivity contribution in [3.05, 3.63) is 0 Å². The molecule has 1 fully saturated rings. The maximum absolute atomic E-state index is 9.91. The van der Waals surface area contributed by atoms with E-state index in [2.05, 4.69) is 11.8 Å². The molecule has 2 heteroatoms. The van der Waals surface area contributed by atoms with E-state index in [0.29, 0.717) is 6.61 Å². The molecular formula is C10H16O2. The Morgan fingerprint density at radius 2 is 2.42 bits per heavy atom. The van der Waals surface area contributed by atoms with Crippen molar-refractivity contribution in [2.75, 3.05) is 13.2 Å². The lowest BCUT2D eigenvalue weighted by molar-refractivity contribution is -0.0887. The molecule has 1 aliphatic heterocycles. The van der Waals surface area contributed by atoms with Crippen molar-refractivity contribution >= 4 is 0 Å². The highest BCUT2D eigenvalue weighted by molar-refractivity contribution is 4.97. The van der Waals surface area contributed by atoms with Crippen LogP contribution in [-0.2, 0) is 4.74 Å². The molecule has 1 unspecified atom stereocenters. The first-order valence-corrected chi connectivity index (χ1v) is 4.47. The van der Waals surface area contributed by atoms with Crippen LogP contribution in [0.3, 0.4) is 0 Å². The van der Waals surface area contributed by atoms with Crippen molar-refractivity contribution in [1.29, 1.82) is 0 Å². The third-order valence-electron chi connectivity index (χ3n) is 2.19. The first-order chi connectivity index (χ1) is 5.77. The summed E-state index contributed by atoms with van der Waals surface area (Å²) in [4.78, 5) is 0. The van der Waals surface area contributed by atoms with Gasteiger partial charge in [-0.05, 0) is 26.2 Å². The quantitative estimate of drug-likeness (QED) is 0.630. The van der Waals surface area contributed by atoms with Gasteiger partial charge in [0.05, 0.1) is 12.2 Å². The maximum Gasteiger partial charge on any atom is 0.0890 e. The van der Waals surface area contributed by atoms with Gasteiger partial charge in [-0.25, -0.2) is 0 Å². The number of rotatable bonds is 2. The minimum Gasteiger partial charge on any atom is -0.387 e. The highest BCUT2D eigenvalue weighted by Gasteiger charge is 2.28. The molecule has 0 radical (unpaired) electrons. The predicted octanol–water partition coefficient (Wildman–Crippen LogP) is 1.33. The Kier molecular flexibility index (Phi) is 3.58. The lowest BCUT2D eigenvalue weighted by Gasteiger charge is -2.31. The van der Waals surface area contributed by atoms with E-state index in [0.717, 1.165) is 32.3 Å². The van der Waals surface area contributed by atoms with Gasteiger partial charge in [0, 0.05) is 13.0 Å². The lowest BCUT2D eigenvalue weighted by atomic mass is 9.92. The first-order valence-electron chi connectivity index (χ1n) is 4.47. The minimum absolute atomic E-state index is 0.485. The lowest BCUT2D eigenvalue weighted by Crippen LogP contribution is -2.38. The topological polar surface area (TPSA) is 29.5 Å². The molecule has 0 saturated carbocycles. The highest BCUT2D eigenvalue weighted by Crippen LogP contribution is 2.23. The van der Waals surface area contributed by atoms with Crippen LogP contribution in [0.2, 0.25) is 0 Å². The van der Waals surface area contributed by atoms with Gasteiger partial charge in [0.25, 0.3) is 0 Å². The van der Waals surface area contributed by atoms with E-state index in [9.17, 15) is 5.11 Å². The molecule has 0 aliphatic carbocycles. The Bertz CT molecular complexity index is 182. The second-order valence-electron chi connectivity index (χ2n) is 3.31. The molecule has 0 spiro atoms. The van der Waals surface area contributed by atoms with Gasteiger partial charge < -0.3 is 9.84 Å². The van der Waals surface area contributed by atoms with Crippen molar-refractivity contribution in [3.8, 4) is 11.8 Å². The van der Waals surface area contributed by atoms with Crippen LogP contribution >= 0.6 is 0 Å². The third kappa shape index (κ3) is 2.84. The summed E-state index contributed by atoms with van der Waals surface area (Å²) in [5.74, 6) is 5.78. The normalized spacial score (nSPS) is 29.2. The van der Waals surface area contributed by atoms with Gasteiger partial charge in [-0.2, -0.15) is 0 Å². The van der Waals surface area contributed by atoms with E-state index < -0.39 is 5.60 Å². The van der Waals surface area contributed by atoms with Crippen LogP contribution in [0, 0.1) is 11.8 Å². The molecule has 0 aromatic rings. The van der Waals surface area contributed by atoms with Crippen molar-refractivity contribution in [2.45, 2.75) is 38.2 Å². The smallest absolute Gasteiger partial charge is 0.0890 e. The first kappa shape index (κ1) is 9.57. The minimum atomic E-state index is -0.595. The fourth-order valence-electron chi connectivity index (χ4n) is 1.45. The summed E-state index contributed by atoms with van der Waals surface area (Å²) in [5, 5.41) is 9.91. The highest BCUT2D eigenvalue weighted by atomic mass is 16.5. The molecule has 1 atom stereocenters. The van der Waals surface area contributed by atoms with E-state index in [4.69, 9.17) is 4.74 Å². The Labute approximate surface area is 73.9 Å². The van der Waals surface area contributed by atoms with Crippen LogP contribution < -0.4 is 0 Å². The third-order valence-corrected chi connectivity index (χ3v) is 2.19. The molecule has 1 aliphatic rings. The summed E-state index contributed by atoms with van der Waals surface area (Å²) in [7, 11) is 0. The number of ether oxygens (including phenoxy) is 1. The molecule has 1 saturated heterocycles. The average molecular weight is 168 g/mol. The maximum atomic E-state index is 9.91. The van der Waals surface area contributed by atoms with E-state index in [-0.39, 0.29) is 0 Å². The van der Waals surface area contributed by atoms with Crippen molar-refractivity contribution in [2.24, 2.45) is 0 Å². The Balaban J connectivity index is 2.29. The van der Waals surface area contributed by atoms with Crippen LogP contribution in [0.15, 0.2) is 0 Å². The molecule has 1 rings (SSSR count). The molecule has 68 valence electrons. The standard InChI is InChI=1S/C10H16O2/c1-2-3-4-6-10(11)7-5-8-12-9-10/h11H,4-9H2,1H3. The van der Waals surface area contributed by atoms with Crippen LogP contribution in [-0.4, -0.2) is 23.9 Å². The van der Waals surface area contributed by atoms with Crippen molar-refractivity contribution in [3.63, 3.8) is 0 Å². The van der Waals surface area contributed by atoms with Gasteiger partial charge in [-0.1, -0.05) is 0 Å². The Hall–Kier alpha value is -0.520. The fourth-order valence-corrected chi connectivity index (χ4v) is 1.45. The summed E-state index contributed by atoms with van der Waals surface area (Å²) >= 11 is 0. The summed E-state index contributed by atoms with van der Waals surface area (Å²) in [6, 6.07) is 0. The van der Waals surface area contributed by atoms with Gasteiger partial charge in [0.15, 0.2) is 0 Å². The number of hydrogen-bond acceptors (Lipinski definition) is 2. The van der Waals surface area contributed by atoms with E-state index in [1.54, 1.807) is 0 Å². The van der Waals surface area contributed by atoms with Crippen LogP contribution in [0.25, 0.3) is 0 Å². The van der Waals surface area contributed by atoms with Crippen LogP contribution in [0.4, 0.5) is 0 Å². The van der Waals surface area contributed by atoms with E-state index >= 15 is 0 Å². The molecule has 0 amide bonds. The zero-order valence-corrected chi connectivity index (χ0v) is 7.60. The summed E-state index contributed by atoms with van der Waals surface area (Å²) in [6.45, 7) is 3.10. The summed E-state index contributed by atoms with van der Waals surface area (Å²) < 4.78 is 5.22. The molecular weight excluding hydrogens is 152 g/mol. The zero-order valence-electron chi connectivity index (χ0n) is 7.60. The van der Waals surface area contributed by atoms with Crippen LogP contribution in [0.1, 0.15) is 32.6 Å². The molecule has 1 N–H and O–H groups in total. The Morgan fingerprint density at radius 1 is 1.58 bits per heavy atom. The molecule has 0 aromatic heterocycles. The average Bonchev–Trinajstić information content (AvgIpc) is 2.06. The van der Waals surface area contributed by atoms with Crippen molar-refractivity contribution in [1.82, 2.24) is 0 Å². The molecule has 0 aromatic carbocycles. The van der Waals surface area contributed by atoms with Crippen LogP contribution in [0.5, 0.6) is 0 Å². The fraction of sp³-hybridized carbons (Fsp3) is 0.800. The van der Waals surface area contributed by atoms with Crippen molar-refractivity contribution < 1.29 is 9.84 Å². The van der Waals surface area contributed by atoms with Gasteiger partial charge in [0.1, 0.15) is 0 Å². The van der Waals surface area contributed by atoms with Gasteiger partial charge in [0.2, 0.25) is 0 Å². The Morgan fingerprint density at radius 3 is 3.00 bits per heavy atom. The zero-order chi connectivity index (χ0) is 8.86. The van der Waals surface area contributed by atoms with E-state index in [1.165, 1.54) is 0 Å². The number of hydrogen-bond donors (Lipinski definition) is 1. The molecule has 0 bridgehead atoms. The monoisotopic (exact) mass is 168 g/mol. The van der Waals surface area contributed by atoms with Gasteiger partial charge in [-0.3, -0.25) is 0 Å². The summed E-state index contributed by atoms with van der Waals surface area (Å²) in [6.07, 6.45) is 3.35.